The minimum Gasteiger partial charge on any atom is -0.372 e. The molecule has 1 heterocycles. The van der Waals surface area contributed by atoms with Crippen LogP contribution in [0.5, 0.6) is 0 Å². The van der Waals surface area contributed by atoms with Gasteiger partial charge in [-0.1, -0.05) is 43.3 Å². The fourth-order valence-corrected chi connectivity index (χ4v) is 3.58. The summed E-state index contributed by atoms with van der Waals surface area (Å²) in [4.78, 5) is 14.8. The lowest BCUT2D eigenvalue weighted by molar-refractivity contribution is -0.121. The number of amides is 1. The second-order valence-electron chi connectivity index (χ2n) is 7.28. The Morgan fingerprint density at radius 1 is 0.962 bits per heavy atom. The quantitative estimate of drug-likeness (QED) is 0.822. The average Bonchev–Trinajstić information content (AvgIpc) is 2.69. The number of benzene rings is 2. The molecule has 3 heteroatoms. The van der Waals surface area contributed by atoms with Crippen LogP contribution in [0.2, 0.25) is 0 Å². The van der Waals surface area contributed by atoms with Gasteiger partial charge in [0.1, 0.15) is 0 Å². The molecule has 26 heavy (non-hydrogen) atoms. The van der Waals surface area contributed by atoms with E-state index in [2.05, 4.69) is 65.7 Å². The van der Waals surface area contributed by atoms with Gasteiger partial charge < -0.3 is 10.2 Å². The second kappa shape index (κ2) is 8.88. The highest BCUT2D eigenvalue weighted by Gasteiger charge is 2.13. The first kappa shape index (κ1) is 18.5. The molecule has 0 unspecified atom stereocenters. The number of nitrogens with zero attached hydrogens (tertiary/aromatic N) is 1. The summed E-state index contributed by atoms with van der Waals surface area (Å²) in [7, 11) is 0. The van der Waals surface area contributed by atoms with Gasteiger partial charge in [-0.15, -0.1) is 0 Å². The molecule has 0 radical (unpaired) electrons. The summed E-state index contributed by atoms with van der Waals surface area (Å²) >= 11 is 0. The number of anilines is 1. The molecule has 2 aromatic carbocycles. The summed E-state index contributed by atoms with van der Waals surface area (Å²) < 4.78 is 0. The first-order valence-corrected chi connectivity index (χ1v) is 9.88. The molecule has 1 saturated heterocycles. The fraction of sp³-hybridized carbons (Fsp3) is 0.435. The van der Waals surface area contributed by atoms with E-state index in [1.807, 2.05) is 6.92 Å². The topological polar surface area (TPSA) is 32.3 Å². The third-order valence-corrected chi connectivity index (χ3v) is 5.29. The van der Waals surface area contributed by atoms with Gasteiger partial charge in [0, 0.05) is 18.8 Å². The summed E-state index contributed by atoms with van der Waals surface area (Å²) in [6.07, 6.45) is 5.37. The van der Waals surface area contributed by atoms with Gasteiger partial charge in [-0.25, -0.2) is 0 Å². The van der Waals surface area contributed by atoms with Crippen LogP contribution in [0.1, 0.15) is 55.8 Å². The maximum absolute atomic E-state index is 12.3. The Hall–Kier alpha value is -2.29. The zero-order valence-corrected chi connectivity index (χ0v) is 16.0. The highest BCUT2D eigenvalue weighted by molar-refractivity contribution is 5.79. The van der Waals surface area contributed by atoms with Crippen molar-refractivity contribution in [2.45, 2.75) is 52.0 Å². The lowest BCUT2D eigenvalue weighted by atomic mass is 10.0. The molecule has 0 spiro atoms. The lowest BCUT2D eigenvalue weighted by Gasteiger charge is -2.29. The van der Waals surface area contributed by atoms with E-state index in [1.54, 1.807) is 0 Å². The molecule has 3 nitrogen and oxygen atoms in total. The SMILES string of the molecule is CCc1ccc(CC(=O)N[C@H](C)c2ccc(N3CCCCC3)cc2)cc1. The minimum atomic E-state index is 0.0211. The van der Waals surface area contributed by atoms with Gasteiger partial charge in [0.2, 0.25) is 5.91 Å². The molecule has 1 aliphatic rings. The van der Waals surface area contributed by atoms with Crippen LogP contribution in [0.3, 0.4) is 0 Å². The number of carbonyl (C=O) groups is 1. The van der Waals surface area contributed by atoms with Crippen molar-refractivity contribution in [1.82, 2.24) is 5.32 Å². The number of aryl methyl sites for hydroxylation is 1. The zero-order valence-electron chi connectivity index (χ0n) is 16.0. The van der Waals surface area contributed by atoms with E-state index in [1.165, 1.54) is 30.5 Å². The minimum absolute atomic E-state index is 0.0211. The van der Waals surface area contributed by atoms with Gasteiger partial charge in [-0.05, 0) is 61.4 Å². The van der Waals surface area contributed by atoms with Crippen molar-refractivity contribution >= 4 is 11.6 Å². The van der Waals surface area contributed by atoms with E-state index in [9.17, 15) is 4.79 Å². The smallest absolute Gasteiger partial charge is 0.224 e. The van der Waals surface area contributed by atoms with Crippen molar-refractivity contribution in [2.24, 2.45) is 0 Å². The van der Waals surface area contributed by atoms with E-state index >= 15 is 0 Å². The Morgan fingerprint density at radius 3 is 2.19 bits per heavy atom. The van der Waals surface area contributed by atoms with Crippen LogP contribution in [0, 0.1) is 0 Å². The number of carbonyl (C=O) groups excluding carboxylic acids is 1. The Balaban J connectivity index is 1.54. The van der Waals surface area contributed by atoms with E-state index in [0.717, 1.165) is 30.6 Å². The molecule has 1 amide bonds. The van der Waals surface area contributed by atoms with Gasteiger partial charge in [0.15, 0.2) is 0 Å². The lowest BCUT2D eigenvalue weighted by Crippen LogP contribution is -2.30. The second-order valence-corrected chi connectivity index (χ2v) is 7.28. The van der Waals surface area contributed by atoms with Crippen LogP contribution in [0.15, 0.2) is 48.5 Å². The Morgan fingerprint density at radius 2 is 1.58 bits per heavy atom. The molecule has 0 bridgehead atoms. The first-order valence-electron chi connectivity index (χ1n) is 9.88. The molecule has 0 saturated carbocycles. The van der Waals surface area contributed by atoms with Crippen molar-refractivity contribution in [1.29, 1.82) is 0 Å². The van der Waals surface area contributed by atoms with Gasteiger partial charge in [-0.3, -0.25) is 4.79 Å². The summed E-state index contributed by atoms with van der Waals surface area (Å²) in [6.45, 7) is 6.50. The largest absolute Gasteiger partial charge is 0.372 e. The maximum Gasteiger partial charge on any atom is 0.224 e. The molecule has 1 aliphatic heterocycles. The zero-order chi connectivity index (χ0) is 18.4. The third-order valence-electron chi connectivity index (χ3n) is 5.29. The van der Waals surface area contributed by atoms with Crippen molar-refractivity contribution in [3.8, 4) is 0 Å². The molecule has 3 rings (SSSR count). The number of rotatable bonds is 6. The van der Waals surface area contributed by atoms with Crippen molar-refractivity contribution in [2.75, 3.05) is 18.0 Å². The monoisotopic (exact) mass is 350 g/mol. The Bertz CT molecular complexity index is 700. The van der Waals surface area contributed by atoms with Crippen molar-refractivity contribution in [3.63, 3.8) is 0 Å². The van der Waals surface area contributed by atoms with E-state index in [-0.39, 0.29) is 11.9 Å². The number of piperidine rings is 1. The molecule has 1 fully saturated rings. The highest BCUT2D eigenvalue weighted by atomic mass is 16.1. The van der Waals surface area contributed by atoms with Crippen LogP contribution in [-0.2, 0) is 17.6 Å². The average molecular weight is 351 g/mol. The molecular weight excluding hydrogens is 320 g/mol. The van der Waals surface area contributed by atoms with Crippen molar-refractivity contribution in [3.05, 3.63) is 65.2 Å². The van der Waals surface area contributed by atoms with Crippen LogP contribution >= 0.6 is 0 Å². The molecular formula is C23H30N2O. The van der Waals surface area contributed by atoms with Crippen LogP contribution < -0.4 is 10.2 Å². The van der Waals surface area contributed by atoms with Gasteiger partial charge in [0.05, 0.1) is 12.5 Å². The third kappa shape index (κ3) is 4.87. The Labute approximate surface area is 157 Å². The standard InChI is InChI=1S/C23H30N2O/c1-3-19-7-9-20(10-8-19)17-23(26)24-18(2)21-11-13-22(14-12-21)25-15-5-4-6-16-25/h7-14,18H,3-6,15-17H2,1-2H3,(H,24,26)/t18-/m1/s1. The highest BCUT2D eigenvalue weighted by Crippen LogP contribution is 2.22. The predicted molar refractivity (Wildman–Crippen MR) is 109 cm³/mol. The molecule has 138 valence electrons. The van der Waals surface area contributed by atoms with Crippen molar-refractivity contribution < 1.29 is 4.79 Å². The maximum atomic E-state index is 12.3. The number of hydrogen-bond donors (Lipinski definition) is 1. The number of nitrogens with one attached hydrogen (secondary N) is 1. The van der Waals surface area contributed by atoms with E-state index in [4.69, 9.17) is 0 Å². The first-order chi connectivity index (χ1) is 12.7. The summed E-state index contributed by atoms with van der Waals surface area (Å²) in [5, 5.41) is 3.12. The Kier molecular flexibility index (Phi) is 6.32. The molecule has 2 aromatic rings. The van der Waals surface area contributed by atoms with Gasteiger partial charge in [0.25, 0.3) is 0 Å². The van der Waals surface area contributed by atoms with Crippen LogP contribution in [-0.4, -0.2) is 19.0 Å². The molecule has 0 aliphatic carbocycles. The summed E-state index contributed by atoms with van der Waals surface area (Å²) in [6, 6.07) is 17.0. The normalized spacial score (nSPS) is 15.5. The molecule has 1 N–H and O–H groups in total. The summed E-state index contributed by atoms with van der Waals surface area (Å²) in [5.41, 5.74) is 4.81. The van der Waals surface area contributed by atoms with Gasteiger partial charge >= 0.3 is 0 Å². The number of hydrogen-bond acceptors (Lipinski definition) is 2. The van der Waals surface area contributed by atoms with Crippen LogP contribution in [0.4, 0.5) is 5.69 Å². The van der Waals surface area contributed by atoms with E-state index < -0.39 is 0 Å². The predicted octanol–water partition coefficient (Wildman–Crippen LogP) is 4.66. The van der Waals surface area contributed by atoms with E-state index in [0.29, 0.717) is 6.42 Å². The molecule has 0 aromatic heterocycles. The molecule has 1 atom stereocenters. The van der Waals surface area contributed by atoms with Gasteiger partial charge in [-0.2, -0.15) is 0 Å². The summed E-state index contributed by atoms with van der Waals surface area (Å²) in [5.74, 6) is 0.0712. The van der Waals surface area contributed by atoms with Crippen LogP contribution in [0.25, 0.3) is 0 Å². The fourth-order valence-electron chi connectivity index (χ4n) is 3.58.